The molecule has 0 aliphatic carbocycles. The predicted molar refractivity (Wildman–Crippen MR) is 66.4 cm³/mol. The zero-order valence-electron chi connectivity index (χ0n) is 11.2. The smallest absolute Gasteiger partial charge is 0.323 e. The Balaban J connectivity index is 0.00000106. The van der Waals surface area contributed by atoms with Crippen molar-refractivity contribution in [2.75, 3.05) is 13.6 Å². The summed E-state index contributed by atoms with van der Waals surface area (Å²) in [7, 11) is 1.92. The molecule has 1 aliphatic heterocycles. The molecule has 0 amide bonds. The molecule has 2 atom stereocenters. The first-order chi connectivity index (χ1) is 7.63. The molecule has 1 aliphatic rings. The van der Waals surface area contributed by atoms with Crippen molar-refractivity contribution in [3.05, 3.63) is 0 Å². The van der Waals surface area contributed by atoms with E-state index in [0.29, 0.717) is 6.04 Å². The Hall–Kier alpha value is -0.610. The second kappa shape index (κ2) is 8.53. The van der Waals surface area contributed by atoms with Crippen molar-refractivity contribution in [2.45, 2.75) is 58.7 Å². The molecule has 1 heterocycles. The lowest BCUT2D eigenvalue weighted by Crippen LogP contribution is -2.41. The van der Waals surface area contributed by atoms with E-state index in [2.05, 4.69) is 10.6 Å². The second-order valence-corrected chi connectivity index (χ2v) is 4.04. The molecule has 0 aromatic rings. The summed E-state index contributed by atoms with van der Waals surface area (Å²) in [4.78, 5) is 11.5. The maximum atomic E-state index is 11.5. The van der Waals surface area contributed by atoms with Crippen LogP contribution >= 0.6 is 0 Å². The van der Waals surface area contributed by atoms with E-state index in [-0.39, 0.29) is 18.1 Å². The molecule has 96 valence electrons. The van der Waals surface area contributed by atoms with Crippen LogP contribution in [0.4, 0.5) is 0 Å². The summed E-state index contributed by atoms with van der Waals surface area (Å²) in [5.74, 6) is -0.112. The Morgan fingerprint density at radius 3 is 2.56 bits per heavy atom. The Labute approximate surface area is 99.1 Å². The van der Waals surface area contributed by atoms with E-state index in [1.807, 2.05) is 34.7 Å². The third kappa shape index (κ3) is 5.47. The van der Waals surface area contributed by atoms with Gasteiger partial charge in [-0.05, 0) is 33.7 Å². The number of carbonyl (C=O) groups excluding carboxylic acids is 1. The summed E-state index contributed by atoms with van der Waals surface area (Å²) >= 11 is 0. The van der Waals surface area contributed by atoms with Gasteiger partial charge in [0.15, 0.2) is 0 Å². The number of nitrogens with one attached hydrogen (secondary N) is 2. The molecular formula is C12H26N2O2. The lowest BCUT2D eigenvalue weighted by molar-refractivity contribution is -0.149. The molecule has 0 aromatic heterocycles. The Morgan fingerprint density at radius 2 is 2.06 bits per heavy atom. The van der Waals surface area contributed by atoms with Crippen LogP contribution in [0.2, 0.25) is 0 Å². The number of esters is 1. The topological polar surface area (TPSA) is 50.4 Å². The molecule has 2 unspecified atom stereocenters. The number of ether oxygens (including phenoxy) is 1. The third-order valence-electron chi connectivity index (χ3n) is 2.33. The van der Waals surface area contributed by atoms with Gasteiger partial charge in [-0.1, -0.05) is 13.8 Å². The first kappa shape index (κ1) is 15.4. The van der Waals surface area contributed by atoms with Crippen LogP contribution in [0.15, 0.2) is 0 Å². The van der Waals surface area contributed by atoms with Gasteiger partial charge in [0.1, 0.15) is 6.04 Å². The van der Waals surface area contributed by atoms with Crippen LogP contribution in [-0.2, 0) is 9.53 Å². The van der Waals surface area contributed by atoms with Crippen molar-refractivity contribution in [2.24, 2.45) is 0 Å². The van der Waals surface area contributed by atoms with Gasteiger partial charge in [-0.25, -0.2) is 0 Å². The fourth-order valence-electron chi connectivity index (χ4n) is 1.73. The van der Waals surface area contributed by atoms with Gasteiger partial charge in [0.25, 0.3) is 0 Å². The van der Waals surface area contributed by atoms with E-state index < -0.39 is 0 Å². The van der Waals surface area contributed by atoms with Gasteiger partial charge >= 0.3 is 5.97 Å². The molecule has 4 nitrogen and oxygen atoms in total. The maximum absolute atomic E-state index is 11.5. The molecule has 1 rings (SSSR count). The molecule has 1 saturated heterocycles. The summed E-state index contributed by atoms with van der Waals surface area (Å²) < 4.78 is 5.14. The molecule has 4 heteroatoms. The highest BCUT2D eigenvalue weighted by atomic mass is 16.5. The predicted octanol–water partition coefficient (Wildman–Crippen LogP) is 1.30. The molecule has 0 spiro atoms. The zero-order valence-corrected chi connectivity index (χ0v) is 11.2. The minimum absolute atomic E-state index is 0.0207. The van der Waals surface area contributed by atoms with Crippen LogP contribution < -0.4 is 10.6 Å². The minimum Gasteiger partial charge on any atom is -0.462 e. The number of hydrogen-bond acceptors (Lipinski definition) is 4. The second-order valence-electron chi connectivity index (χ2n) is 4.04. The van der Waals surface area contributed by atoms with Crippen molar-refractivity contribution in [3.63, 3.8) is 0 Å². The maximum Gasteiger partial charge on any atom is 0.323 e. The molecule has 2 N–H and O–H groups in total. The summed E-state index contributed by atoms with van der Waals surface area (Å²) in [6.45, 7) is 8.65. The SMILES string of the molecule is CC.CNCC1CCC(C(=O)OC(C)C)N1. The lowest BCUT2D eigenvalue weighted by Gasteiger charge is -2.15. The number of likely N-dealkylation sites (N-methyl/N-ethyl adjacent to an activating group) is 1. The van der Waals surface area contributed by atoms with Crippen molar-refractivity contribution in [3.8, 4) is 0 Å². The van der Waals surface area contributed by atoms with Crippen molar-refractivity contribution < 1.29 is 9.53 Å². The van der Waals surface area contributed by atoms with Gasteiger partial charge in [0.05, 0.1) is 6.10 Å². The van der Waals surface area contributed by atoms with Crippen molar-refractivity contribution in [1.82, 2.24) is 10.6 Å². The van der Waals surface area contributed by atoms with Crippen LogP contribution in [-0.4, -0.2) is 37.7 Å². The Morgan fingerprint density at radius 1 is 1.44 bits per heavy atom. The van der Waals surface area contributed by atoms with Crippen LogP contribution in [0.1, 0.15) is 40.5 Å². The molecular weight excluding hydrogens is 204 g/mol. The van der Waals surface area contributed by atoms with Gasteiger partial charge in [-0.15, -0.1) is 0 Å². The summed E-state index contributed by atoms with van der Waals surface area (Å²) in [6.07, 6.45) is 1.91. The molecule has 0 radical (unpaired) electrons. The molecule has 0 saturated carbocycles. The van der Waals surface area contributed by atoms with Crippen LogP contribution in [0.25, 0.3) is 0 Å². The minimum atomic E-state index is -0.112. The fraction of sp³-hybridized carbons (Fsp3) is 0.917. The monoisotopic (exact) mass is 230 g/mol. The van der Waals surface area contributed by atoms with E-state index in [9.17, 15) is 4.79 Å². The Bertz CT molecular complexity index is 195. The van der Waals surface area contributed by atoms with E-state index >= 15 is 0 Å². The van der Waals surface area contributed by atoms with Crippen LogP contribution in [0.5, 0.6) is 0 Å². The Kier molecular flexibility index (Phi) is 8.21. The van der Waals surface area contributed by atoms with Gasteiger partial charge in [0, 0.05) is 12.6 Å². The van der Waals surface area contributed by atoms with Gasteiger partial charge in [-0.2, -0.15) is 0 Å². The molecule has 1 fully saturated rings. The quantitative estimate of drug-likeness (QED) is 0.715. The van der Waals surface area contributed by atoms with E-state index in [1.54, 1.807) is 0 Å². The van der Waals surface area contributed by atoms with Gasteiger partial charge < -0.3 is 15.4 Å². The first-order valence-electron chi connectivity index (χ1n) is 6.24. The number of carbonyl (C=O) groups is 1. The average molecular weight is 230 g/mol. The summed E-state index contributed by atoms with van der Waals surface area (Å²) in [6, 6.07) is 0.306. The highest BCUT2D eigenvalue weighted by molar-refractivity contribution is 5.76. The third-order valence-corrected chi connectivity index (χ3v) is 2.33. The van der Waals surface area contributed by atoms with E-state index in [4.69, 9.17) is 4.74 Å². The molecule has 0 aromatic carbocycles. The summed E-state index contributed by atoms with van der Waals surface area (Å²) in [5, 5.41) is 6.36. The van der Waals surface area contributed by atoms with E-state index in [1.165, 1.54) is 0 Å². The fourth-order valence-corrected chi connectivity index (χ4v) is 1.73. The zero-order chi connectivity index (χ0) is 12.6. The normalized spacial score (nSPS) is 23.9. The van der Waals surface area contributed by atoms with E-state index in [0.717, 1.165) is 19.4 Å². The molecule has 16 heavy (non-hydrogen) atoms. The largest absolute Gasteiger partial charge is 0.462 e. The summed E-state index contributed by atoms with van der Waals surface area (Å²) in [5.41, 5.74) is 0. The number of hydrogen-bond donors (Lipinski definition) is 2. The average Bonchev–Trinajstić information content (AvgIpc) is 2.69. The lowest BCUT2D eigenvalue weighted by atomic mass is 10.2. The highest BCUT2D eigenvalue weighted by Gasteiger charge is 2.29. The van der Waals surface area contributed by atoms with Crippen LogP contribution in [0, 0.1) is 0 Å². The van der Waals surface area contributed by atoms with Gasteiger partial charge in [0.2, 0.25) is 0 Å². The standard InChI is InChI=1S/C10H20N2O2.C2H6/c1-7(2)14-10(13)9-5-4-8(12-9)6-11-3;1-2/h7-9,11-12H,4-6H2,1-3H3;1-2H3. The van der Waals surface area contributed by atoms with Crippen LogP contribution in [0.3, 0.4) is 0 Å². The molecule has 0 bridgehead atoms. The van der Waals surface area contributed by atoms with Gasteiger partial charge in [-0.3, -0.25) is 4.79 Å². The highest BCUT2D eigenvalue weighted by Crippen LogP contribution is 2.13. The first-order valence-corrected chi connectivity index (χ1v) is 6.24. The van der Waals surface area contributed by atoms with Crippen molar-refractivity contribution in [1.29, 1.82) is 0 Å². The van der Waals surface area contributed by atoms with Crippen molar-refractivity contribution >= 4 is 5.97 Å². The number of rotatable bonds is 4.